The fourth-order valence-corrected chi connectivity index (χ4v) is 2.48. The fourth-order valence-electron chi connectivity index (χ4n) is 2.48. The van der Waals surface area contributed by atoms with Crippen molar-refractivity contribution in [3.05, 3.63) is 0 Å². The molecule has 1 fully saturated rings. The van der Waals surface area contributed by atoms with Crippen LogP contribution in [0.4, 0.5) is 0 Å². The molecule has 1 amide bonds. The maximum Gasteiger partial charge on any atom is 0.234 e. The molecule has 1 atom stereocenters. The number of carbonyl (C=O) groups excluding carboxylic acids is 1. The maximum atomic E-state index is 11.3. The zero-order chi connectivity index (χ0) is 12.0. The van der Waals surface area contributed by atoms with Crippen LogP contribution in [-0.4, -0.2) is 18.0 Å². The molecule has 1 saturated carbocycles. The van der Waals surface area contributed by atoms with E-state index in [0.29, 0.717) is 6.04 Å². The van der Waals surface area contributed by atoms with Crippen LogP contribution in [0.3, 0.4) is 0 Å². The summed E-state index contributed by atoms with van der Waals surface area (Å²) < 4.78 is 0. The largest absolute Gasteiger partial charge is 0.368 e. The van der Waals surface area contributed by atoms with E-state index in [4.69, 9.17) is 5.73 Å². The molecule has 0 aromatic heterocycles. The second-order valence-electron chi connectivity index (χ2n) is 5.33. The van der Waals surface area contributed by atoms with Crippen molar-refractivity contribution < 1.29 is 4.79 Å². The predicted molar refractivity (Wildman–Crippen MR) is 67.1 cm³/mol. The van der Waals surface area contributed by atoms with Gasteiger partial charge in [0.05, 0.1) is 6.04 Å². The van der Waals surface area contributed by atoms with Crippen LogP contribution < -0.4 is 11.1 Å². The Balaban J connectivity index is 2.44. The third kappa shape index (κ3) is 4.52. The molecule has 94 valence electrons. The van der Waals surface area contributed by atoms with Crippen LogP contribution in [0.25, 0.3) is 0 Å². The minimum atomic E-state index is -0.211. The molecule has 0 heterocycles. The predicted octanol–water partition coefficient (Wildman–Crippen LogP) is 2.20. The molecule has 0 radical (unpaired) electrons. The van der Waals surface area contributed by atoms with E-state index < -0.39 is 0 Å². The number of primary amides is 1. The highest BCUT2D eigenvalue weighted by atomic mass is 16.1. The summed E-state index contributed by atoms with van der Waals surface area (Å²) in [6.07, 6.45) is 8.98. The molecule has 3 N–H and O–H groups in total. The average molecular weight is 226 g/mol. The number of amides is 1. The van der Waals surface area contributed by atoms with Gasteiger partial charge in [-0.3, -0.25) is 4.79 Å². The number of rotatable bonds is 4. The number of carbonyl (C=O) groups is 1. The number of nitrogens with two attached hydrogens (primary N) is 1. The molecule has 3 nitrogen and oxygen atoms in total. The first kappa shape index (κ1) is 13.5. The quantitative estimate of drug-likeness (QED) is 0.772. The van der Waals surface area contributed by atoms with E-state index >= 15 is 0 Å². The van der Waals surface area contributed by atoms with Crippen molar-refractivity contribution in [2.75, 3.05) is 0 Å². The molecule has 0 aromatic rings. The van der Waals surface area contributed by atoms with Crippen molar-refractivity contribution >= 4 is 5.91 Å². The highest BCUT2D eigenvalue weighted by molar-refractivity contribution is 5.80. The van der Waals surface area contributed by atoms with Crippen LogP contribution in [0.15, 0.2) is 0 Å². The molecule has 1 aliphatic carbocycles. The van der Waals surface area contributed by atoms with Crippen molar-refractivity contribution in [1.29, 1.82) is 0 Å². The molecule has 1 aliphatic rings. The van der Waals surface area contributed by atoms with Crippen LogP contribution in [0.1, 0.15) is 58.8 Å². The Hall–Kier alpha value is -0.570. The van der Waals surface area contributed by atoms with Gasteiger partial charge in [0, 0.05) is 6.04 Å². The van der Waals surface area contributed by atoms with Gasteiger partial charge in [0.1, 0.15) is 0 Å². The molecule has 0 aromatic carbocycles. The van der Waals surface area contributed by atoms with Gasteiger partial charge in [-0.1, -0.05) is 46.0 Å². The lowest BCUT2D eigenvalue weighted by atomic mass is 9.94. The molecule has 16 heavy (non-hydrogen) atoms. The van der Waals surface area contributed by atoms with E-state index in [1.54, 1.807) is 0 Å². The summed E-state index contributed by atoms with van der Waals surface area (Å²) in [5, 5.41) is 3.45. The van der Waals surface area contributed by atoms with E-state index in [1.165, 1.54) is 44.9 Å². The Kier molecular flexibility index (Phi) is 5.81. The van der Waals surface area contributed by atoms with Gasteiger partial charge < -0.3 is 11.1 Å². The van der Waals surface area contributed by atoms with Crippen molar-refractivity contribution in [3.63, 3.8) is 0 Å². The lowest BCUT2D eigenvalue weighted by Crippen LogP contribution is -2.49. The minimum absolute atomic E-state index is 0.163. The van der Waals surface area contributed by atoms with Gasteiger partial charge in [-0.15, -0.1) is 0 Å². The lowest BCUT2D eigenvalue weighted by molar-refractivity contribution is -0.121. The van der Waals surface area contributed by atoms with E-state index in [1.807, 2.05) is 13.8 Å². The number of nitrogens with one attached hydrogen (secondary N) is 1. The van der Waals surface area contributed by atoms with Crippen LogP contribution in [-0.2, 0) is 4.79 Å². The Bertz CT molecular complexity index is 208. The summed E-state index contributed by atoms with van der Waals surface area (Å²) in [5.74, 6) is 0.0694. The summed E-state index contributed by atoms with van der Waals surface area (Å²) >= 11 is 0. The van der Waals surface area contributed by atoms with Crippen LogP contribution in [0.5, 0.6) is 0 Å². The van der Waals surface area contributed by atoms with Gasteiger partial charge in [-0.05, 0) is 18.8 Å². The molecule has 0 saturated heterocycles. The standard InChI is InChI=1S/C13H26N2O/c1-10(2)12(13(14)16)15-11-8-6-4-3-5-7-9-11/h10-12,15H,3-9H2,1-2H3,(H2,14,16). The molecular formula is C13H26N2O. The Morgan fingerprint density at radius 2 is 1.62 bits per heavy atom. The molecule has 1 rings (SSSR count). The van der Waals surface area contributed by atoms with E-state index in [0.717, 1.165) is 0 Å². The minimum Gasteiger partial charge on any atom is -0.368 e. The monoisotopic (exact) mass is 226 g/mol. The molecule has 0 aliphatic heterocycles. The van der Waals surface area contributed by atoms with Crippen molar-refractivity contribution in [1.82, 2.24) is 5.32 Å². The van der Waals surface area contributed by atoms with Gasteiger partial charge >= 0.3 is 0 Å². The van der Waals surface area contributed by atoms with E-state index in [9.17, 15) is 4.79 Å². The van der Waals surface area contributed by atoms with E-state index in [2.05, 4.69) is 5.32 Å². The third-order valence-corrected chi connectivity index (χ3v) is 3.49. The zero-order valence-corrected chi connectivity index (χ0v) is 10.7. The summed E-state index contributed by atoms with van der Waals surface area (Å²) in [5.41, 5.74) is 5.42. The highest BCUT2D eigenvalue weighted by Gasteiger charge is 2.23. The Morgan fingerprint density at radius 3 is 2.06 bits per heavy atom. The number of hydrogen-bond donors (Lipinski definition) is 2. The third-order valence-electron chi connectivity index (χ3n) is 3.49. The smallest absolute Gasteiger partial charge is 0.234 e. The average Bonchev–Trinajstić information content (AvgIpc) is 2.14. The van der Waals surface area contributed by atoms with Crippen molar-refractivity contribution in [2.24, 2.45) is 11.7 Å². The second kappa shape index (κ2) is 6.89. The van der Waals surface area contributed by atoms with Crippen LogP contribution >= 0.6 is 0 Å². The van der Waals surface area contributed by atoms with Gasteiger partial charge in [-0.25, -0.2) is 0 Å². The number of hydrogen-bond acceptors (Lipinski definition) is 2. The molecule has 3 heteroatoms. The van der Waals surface area contributed by atoms with Gasteiger partial charge in [-0.2, -0.15) is 0 Å². The summed E-state index contributed by atoms with van der Waals surface area (Å²) in [7, 11) is 0. The normalized spacial score (nSPS) is 21.4. The van der Waals surface area contributed by atoms with Crippen LogP contribution in [0.2, 0.25) is 0 Å². The van der Waals surface area contributed by atoms with Crippen LogP contribution in [0, 0.1) is 5.92 Å². The topological polar surface area (TPSA) is 55.1 Å². The highest BCUT2D eigenvalue weighted by Crippen LogP contribution is 2.18. The molecular weight excluding hydrogens is 200 g/mol. The first-order valence-corrected chi connectivity index (χ1v) is 6.66. The van der Waals surface area contributed by atoms with Gasteiger partial charge in [0.2, 0.25) is 5.91 Å². The fraction of sp³-hybridized carbons (Fsp3) is 0.923. The first-order chi connectivity index (χ1) is 7.61. The van der Waals surface area contributed by atoms with Crippen molar-refractivity contribution in [2.45, 2.75) is 70.9 Å². The second-order valence-corrected chi connectivity index (χ2v) is 5.33. The lowest BCUT2D eigenvalue weighted by Gasteiger charge is -2.27. The summed E-state index contributed by atoms with van der Waals surface area (Å²) in [6, 6.07) is 0.324. The summed E-state index contributed by atoms with van der Waals surface area (Å²) in [4.78, 5) is 11.3. The van der Waals surface area contributed by atoms with Gasteiger partial charge in [0.15, 0.2) is 0 Å². The maximum absolute atomic E-state index is 11.3. The Morgan fingerprint density at radius 1 is 1.12 bits per heavy atom. The SMILES string of the molecule is CC(C)C(NC1CCCCCCC1)C(N)=O. The molecule has 1 unspecified atom stereocenters. The molecule has 0 bridgehead atoms. The summed E-state index contributed by atoms with van der Waals surface area (Å²) in [6.45, 7) is 4.09. The molecule has 0 spiro atoms. The van der Waals surface area contributed by atoms with E-state index in [-0.39, 0.29) is 17.9 Å². The first-order valence-electron chi connectivity index (χ1n) is 6.66. The zero-order valence-electron chi connectivity index (χ0n) is 10.7. The van der Waals surface area contributed by atoms with Gasteiger partial charge in [0.25, 0.3) is 0 Å². The Labute approximate surface area is 99.2 Å². The van der Waals surface area contributed by atoms with Crippen molar-refractivity contribution in [3.8, 4) is 0 Å².